The maximum absolute atomic E-state index is 12.5. The van der Waals surface area contributed by atoms with Gasteiger partial charge in [0.25, 0.3) is 0 Å². The maximum Gasteiger partial charge on any atom is 0.230 e. The van der Waals surface area contributed by atoms with Crippen molar-refractivity contribution in [1.82, 2.24) is 4.98 Å². The van der Waals surface area contributed by atoms with Crippen LogP contribution in [0.5, 0.6) is 11.5 Å². The minimum atomic E-state index is -0.186. The highest BCUT2D eigenvalue weighted by atomic mass is 32.1. The molecule has 7 heteroatoms. The van der Waals surface area contributed by atoms with Crippen LogP contribution in [0.2, 0.25) is 0 Å². The lowest BCUT2D eigenvalue weighted by atomic mass is 10.2. The van der Waals surface area contributed by atoms with E-state index >= 15 is 0 Å². The van der Waals surface area contributed by atoms with Gasteiger partial charge in [0.15, 0.2) is 10.9 Å². The second-order valence-corrected chi connectivity index (χ2v) is 7.24. The predicted molar refractivity (Wildman–Crippen MR) is 109 cm³/mol. The van der Waals surface area contributed by atoms with Gasteiger partial charge in [-0.2, -0.15) is 0 Å². The molecule has 0 radical (unpaired) electrons. The Morgan fingerprint density at radius 3 is 2.71 bits per heavy atom. The van der Waals surface area contributed by atoms with Crippen molar-refractivity contribution in [2.75, 3.05) is 16.8 Å². The smallest absolute Gasteiger partial charge is 0.230 e. The molecule has 1 aromatic heterocycles. The number of hydrogen-bond acceptors (Lipinski definition) is 5. The molecule has 0 unspecified atom stereocenters. The summed E-state index contributed by atoms with van der Waals surface area (Å²) in [7, 11) is 0. The number of nitrogens with zero attached hydrogens (tertiary/aromatic N) is 2. The van der Waals surface area contributed by atoms with Crippen molar-refractivity contribution in [2.45, 2.75) is 19.3 Å². The first-order chi connectivity index (χ1) is 13.7. The number of aromatic nitrogens is 1. The Morgan fingerprint density at radius 1 is 1.14 bits per heavy atom. The van der Waals surface area contributed by atoms with Crippen LogP contribution in [0, 0.1) is 0 Å². The summed E-state index contributed by atoms with van der Waals surface area (Å²) >= 11 is 1.39. The number of anilines is 2. The maximum atomic E-state index is 12.5. The summed E-state index contributed by atoms with van der Waals surface area (Å²) in [5, 5.41) is 5.38. The van der Waals surface area contributed by atoms with Gasteiger partial charge in [0.1, 0.15) is 5.75 Å². The average molecular weight is 393 g/mol. The van der Waals surface area contributed by atoms with Gasteiger partial charge in [-0.15, -0.1) is 11.3 Å². The third kappa shape index (κ3) is 4.20. The number of thiazole rings is 1. The number of nitrogens with one attached hydrogen (secondary N) is 1. The lowest BCUT2D eigenvalue weighted by Crippen LogP contribution is -2.23. The number of amides is 2. The van der Waals surface area contributed by atoms with E-state index in [1.807, 2.05) is 53.9 Å². The van der Waals surface area contributed by atoms with E-state index in [9.17, 15) is 9.59 Å². The normalized spacial score (nSPS) is 13.6. The molecule has 4 rings (SSSR count). The summed E-state index contributed by atoms with van der Waals surface area (Å²) in [4.78, 5) is 30.5. The van der Waals surface area contributed by atoms with Crippen LogP contribution >= 0.6 is 11.3 Å². The molecular weight excluding hydrogens is 374 g/mol. The van der Waals surface area contributed by atoms with Gasteiger partial charge in [0.05, 0.1) is 17.8 Å². The van der Waals surface area contributed by atoms with E-state index in [0.29, 0.717) is 41.0 Å². The summed E-state index contributed by atoms with van der Waals surface area (Å²) in [6.07, 6.45) is 1.55. The van der Waals surface area contributed by atoms with Crippen molar-refractivity contribution >= 4 is 34.0 Å². The highest BCUT2D eigenvalue weighted by Crippen LogP contribution is 2.29. The molecule has 1 N–H and O–H groups in total. The molecule has 6 nitrogen and oxygen atoms in total. The molecule has 0 saturated carbocycles. The summed E-state index contributed by atoms with van der Waals surface area (Å²) in [5.41, 5.74) is 1.25. The van der Waals surface area contributed by atoms with Crippen LogP contribution in [0.4, 0.5) is 10.8 Å². The zero-order valence-electron chi connectivity index (χ0n) is 15.1. The monoisotopic (exact) mass is 393 g/mol. The van der Waals surface area contributed by atoms with Gasteiger partial charge in [-0.3, -0.25) is 14.5 Å². The molecule has 0 bridgehead atoms. The van der Waals surface area contributed by atoms with Crippen LogP contribution < -0.4 is 15.0 Å². The van der Waals surface area contributed by atoms with E-state index in [1.54, 1.807) is 11.0 Å². The highest BCUT2D eigenvalue weighted by molar-refractivity contribution is 7.14. The molecule has 1 fully saturated rings. The molecule has 0 atom stereocenters. The molecule has 1 aliphatic rings. The van der Waals surface area contributed by atoms with Gasteiger partial charge in [-0.1, -0.05) is 30.3 Å². The van der Waals surface area contributed by atoms with Gasteiger partial charge in [0.2, 0.25) is 11.8 Å². The number of benzene rings is 2. The first-order valence-corrected chi connectivity index (χ1v) is 9.93. The second-order valence-electron chi connectivity index (χ2n) is 6.41. The van der Waals surface area contributed by atoms with Crippen LogP contribution in [0.15, 0.2) is 60.0 Å². The van der Waals surface area contributed by atoms with E-state index in [1.165, 1.54) is 11.3 Å². The zero-order chi connectivity index (χ0) is 19.3. The Hall–Kier alpha value is -3.19. The first kappa shape index (κ1) is 18.2. The standard InChI is InChI=1S/C21H19N3O3S/c25-19(13-15-14-28-21(22-15)24-12-6-11-20(24)26)23-17-9-4-5-10-18(17)27-16-7-2-1-3-8-16/h1-5,7-10,14H,6,11-13H2,(H,23,25). The lowest BCUT2D eigenvalue weighted by molar-refractivity contribution is -0.117. The van der Waals surface area contributed by atoms with E-state index in [-0.39, 0.29) is 18.2 Å². The molecule has 3 aromatic rings. The van der Waals surface area contributed by atoms with Crippen molar-refractivity contribution < 1.29 is 14.3 Å². The van der Waals surface area contributed by atoms with Crippen LogP contribution in [-0.4, -0.2) is 23.3 Å². The fraction of sp³-hybridized carbons (Fsp3) is 0.190. The number of rotatable bonds is 6. The van der Waals surface area contributed by atoms with E-state index in [2.05, 4.69) is 10.3 Å². The van der Waals surface area contributed by atoms with Crippen molar-refractivity contribution in [3.8, 4) is 11.5 Å². The van der Waals surface area contributed by atoms with Crippen molar-refractivity contribution in [2.24, 2.45) is 0 Å². The molecule has 2 aromatic carbocycles. The molecule has 1 aliphatic heterocycles. The van der Waals surface area contributed by atoms with Gasteiger partial charge < -0.3 is 10.1 Å². The number of carbonyl (C=O) groups is 2. The van der Waals surface area contributed by atoms with Crippen LogP contribution in [0.25, 0.3) is 0 Å². The fourth-order valence-electron chi connectivity index (χ4n) is 2.99. The minimum absolute atomic E-state index is 0.0948. The third-order valence-electron chi connectivity index (χ3n) is 4.32. The quantitative estimate of drug-likeness (QED) is 0.680. The molecule has 0 aliphatic carbocycles. The first-order valence-electron chi connectivity index (χ1n) is 9.05. The van der Waals surface area contributed by atoms with Gasteiger partial charge in [-0.25, -0.2) is 4.98 Å². The molecule has 2 amide bonds. The number of carbonyl (C=O) groups excluding carboxylic acids is 2. The lowest BCUT2D eigenvalue weighted by Gasteiger charge is -2.12. The van der Waals surface area contributed by atoms with Crippen LogP contribution in [-0.2, 0) is 16.0 Å². The molecule has 0 spiro atoms. The van der Waals surface area contributed by atoms with E-state index < -0.39 is 0 Å². The Bertz CT molecular complexity index is 987. The minimum Gasteiger partial charge on any atom is -0.455 e. The molecular formula is C21H19N3O3S. The van der Waals surface area contributed by atoms with Crippen LogP contribution in [0.3, 0.4) is 0 Å². The Balaban J connectivity index is 1.42. The third-order valence-corrected chi connectivity index (χ3v) is 5.23. The van der Waals surface area contributed by atoms with E-state index in [0.717, 1.165) is 6.42 Å². The summed E-state index contributed by atoms with van der Waals surface area (Å²) < 4.78 is 5.87. The molecule has 142 valence electrons. The Labute approximate surface area is 166 Å². The Morgan fingerprint density at radius 2 is 1.93 bits per heavy atom. The predicted octanol–water partition coefficient (Wildman–Crippen LogP) is 4.24. The summed E-state index contributed by atoms with van der Waals surface area (Å²) in [6, 6.07) is 16.7. The molecule has 1 saturated heterocycles. The zero-order valence-corrected chi connectivity index (χ0v) is 15.9. The second kappa shape index (κ2) is 8.22. The topological polar surface area (TPSA) is 71.5 Å². The molecule has 28 heavy (non-hydrogen) atoms. The highest BCUT2D eigenvalue weighted by Gasteiger charge is 2.24. The fourth-order valence-corrected chi connectivity index (χ4v) is 3.85. The van der Waals surface area contributed by atoms with E-state index in [4.69, 9.17) is 4.74 Å². The number of ether oxygens (including phenoxy) is 1. The summed E-state index contributed by atoms with van der Waals surface area (Å²) in [6.45, 7) is 0.697. The molecule has 2 heterocycles. The SMILES string of the molecule is O=C(Cc1csc(N2CCCC2=O)n1)Nc1ccccc1Oc1ccccc1. The number of para-hydroxylation sites is 3. The largest absolute Gasteiger partial charge is 0.455 e. The van der Waals surface area contributed by atoms with Gasteiger partial charge in [-0.05, 0) is 30.7 Å². The van der Waals surface area contributed by atoms with Crippen molar-refractivity contribution in [3.05, 3.63) is 65.7 Å². The van der Waals surface area contributed by atoms with Crippen LogP contribution in [0.1, 0.15) is 18.5 Å². The van der Waals surface area contributed by atoms with Crippen molar-refractivity contribution in [1.29, 1.82) is 0 Å². The van der Waals surface area contributed by atoms with Gasteiger partial charge in [0, 0.05) is 18.3 Å². The Kier molecular flexibility index (Phi) is 5.34. The average Bonchev–Trinajstić information content (AvgIpc) is 3.33. The summed E-state index contributed by atoms with van der Waals surface area (Å²) in [5.74, 6) is 1.18. The van der Waals surface area contributed by atoms with Crippen molar-refractivity contribution in [3.63, 3.8) is 0 Å². The van der Waals surface area contributed by atoms with Gasteiger partial charge >= 0.3 is 0 Å². The number of hydrogen-bond donors (Lipinski definition) is 1.